The van der Waals surface area contributed by atoms with Crippen LogP contribution >= 0.6 is 11.3 Å². The fraction of sp³-hybridized carbons (Fsp3) is 0.250. The van der Waals surface area contributed by atoms with E-state index in [1.165, 1.54) is 27.3 Å². The predicted octanol–water partition coefficient (Wildman–Crippen LogP) is 4.74. The summed E-state index contributed by atoms with van der Waals surface area (Å²) < 4.78 is 8.07. The lowest BCUT2D eigenvalue weighted by Gasteiger charge is -2.12. The van der Waals surface area contributed by atoms with Gasteiger partial charge in [-0.3, -0.25) is 0 Å². The number of nitrogens with one attached hydrogen (secondary N) is 1. The van der Waals surface area contributed by atoms with Crippen LogP contribution in [0.1, 0.15) is 23.1 Å². The van der Waals surface area contributed by atoms with E-state index < -0.39 is 0 Å². The molecule has 116 valence electrons. The Morgan fingerprint density at radius 1 is 1.09 bits per heavy atom. The lowest BCUT2D eigenvalue weighted by Crippen LogP contribution is -2.22. The van der Waals surface area contributed by atoms with Crippen LogP contribution in [0.2, 0.25) is 0 Å². The average Bonchev–Trinajstić information content (AvgIpc) is 3.02. The van der Waals surface area contributed by atoms with E-state index in [9.17, 15) is 0 Å². The van der Waals surface area contributed by atoms with Gasteiger partial charge in [0.05, 0.1) is 7.06 Å². The second-order valence-corrected chi connectivity index (χ2v) is 7.09. The Kier molecular flexibility index (Phi) is 3.46. The fourth-order valence-corrected chi connectivity index (χ4v) is 4.37. The van der Waals surface area contributed by atoms with Crippen molar-refractivity contribution >= 4 is 11.3 Å². The van der Waals surface area contributed by atoms with Gasteiger partial charge in [-0.2, -0.15) is 0 Å². The quantitative estimate of drug-likeness (QED) is 0.737. The average molecular weight is 321 g/mol. The number of hydrogen-bond donors (Lipinski definition) is 1. The van der Waals surface area contributed by atoms with E-state index in [1.54, 1.807) is 11.3 Å². The van der Waals surface area contributed by atoms with Gasteiger partial charge in [0.15, 0.2) is 0 Å². The van der Waals surface area contributed by atoms with Crippen LogP contribution in [0.15, 0.2) is 42.4 Å². The van der Waals surface area contributed by atoms with Crippen LogP contribution in [0.5, 0.6) is 0 Å². The van der Waals surface area contributed by atoms with Crippen molar-refractivity contribution in [2.24, 2.45) is 0 Å². The first kappa shape index (κ1) is 13.5. The highest BCUT2D eigenvalue weighted by atomic mass is 32.1. The standard InChI is InChI=1S/C20H20N2S/c1-13-6-3-4-7-15(13)16-8-5-9-17(14(16)2)20-22-18-10-11-21-12-19(18)23-20/h3-9,21H,10-12H2,1-2H3/i6D. The molecule has 0 atom stereocenters. The normalized spacial score (nSPS) is 14.4. The Morgan fingerprint density at radius 2 is 1.91 bits per heavy atom. The molecule has 0 saturated heterocycles. The fourth-order valence-electron chi connectivity index (χ4n) is 3.21. The number of benzene rings is 2. The van der Waals surface area contributed by atoms with Crippen molar-refractivity contribution in [2.75, 3.05) is 6.54 Å². The first-order valence-corrected chi connectivity index (χ1v) is 8.82. The summed E-state index contributed by atoms with van der Waals surface area (Å²) in [5, 5.41) is 4.53. The Labute approximate surface area is 142 Å². The molecule has 23 heavy (non-hydrogen) atoms. The van der Waals surface area contributed by atoms with Crippen LogP contribution < -0.4 is 5.32 Å². The minimum absolute atomic E-state index is 0.591. The molecule has 1 N–H and O–H groups in total. The smallest absolute Gasteiger partial charge is 0.124 e. The summed E-state index contributed by atoms with van der Waals surface area (Å²) in [5.41, 5.74) is 7.07. The molecule has 1 aliphatic heterocycles. The van der Waals surface area contributed by atoms with E-state index in [0.29, 0.717) is 6.04 Å². The van der Waals surface area contributed by atoms with Crippen molar-refractivity contribution in [3.63, 3.8) is 0 Å². The van der Waals surface area contributed by atoms with E-state index >= 15 is 0 Å². The van der Waals surface area contributed by atoms with Crippen molar-refractivity contribution in [3.8, 4) is 21.7 Å². The summed E-state index contributed by atoms with van der Waals surface area (Å²) in [6.45, 7) is 6.15. The van der Waals surface area contributed by atoms with Gasteiger partial charge in [0, 0.05) is 30.0 Å². The zero-order valence-corrected chi connectivity index (χ0v) is 14.3. The number of aromatic nitrogens is 1. The molecule has 0 unspecified atom stereocenters. The molecule has 0 aliphatic carbocycles. The number of fused-ring (bicyclic) bond motifs is 1. The van der Waals surface area contributed by atoms with E-state index in [0.717, 1.165) is 35.6 Å². The SMILES string of the molecule is [2H]c1cccc(-c2cccc(-c3nc4c(s3)CNCC4)c2C)c1C. The molecule has 0 radical (unpaired) electrons. The molecule has 3 aromatic rings. The third kappa shape index (κ3) is 2.60. The van der Waals surface area contributed by atoms with Crippen LogP contribution in [-0.2, 0) is 13.0 Å². The lowest BCUT2D eigenvalue weighted by atomic mass is 9.94. The lowest BCUT2D eigenvalue weighted by molar-refractivity contribution is 0.644. The van der Waals surface area contributed by atoms with E-state index in [1.807, 2.05) is 19.1 Å². The molecule has 0 amide bonds. The highest BCUT2D eigenvalue weighted by molar-refractivity contribution is 7.15. The molecule has 0 fully saturated rings. The summed E-state index contributed by atoms with van der Waals surface area (Å²) in [6.07, 6.45) is 1.02. The van der Waals surface area contributed by atoms with E-state index in [-0.39, 0.29) is 0 Å². The molecule has 0 bridgehead atoms. The molecule has 2 nitrogen and oxygen atoms in total. The van der Waals surface area contributed by atoms with Crippen molar-refractivity contribution in [1.29, 1.82) is 0 Å². The minimum Gasteiger partial charge on any atom is -0.311 e. The van der Waals surface area contributed by atoms with Crippen molar-refractivity contribution in [3.05, 3.63) is 64.1 Å². The molecular formula is C20H20N2S. The molecule has 2 aromatic carbocycles. The Hall–Kier alpha value is -1.97. The van der Waals surface area contributed by atoms with E-state index in [4.69, 9.17) is 6.35 Å². The van der Waals surface area contributed by atoms with Crippen LogP contribution in [0.3, 0.4) is 0 Å². The van der Waals surface area contributed by atoms with E-state index in [2.05, 4.69) is 36.5 Å². The largest absolute Gasteiger partial charge is 0.311 e. The summed E-state index contributed by atoms with van der Waals surface area (Å²) in [5.74, 6) is 0. The molecule has 0 saturated carbocycles. The Bertz CT molecular complexity index is 890. The highest BCUT2D eigenvalue weighted by Gasteiger charge is 2.17. The van der Waals surface area contributed by atoms with Gasteiger partial charge >= 0.3 is 0 Å². The van der Waals surface area contributed by atoms with Crippen molar-refractivity contribution in [2.45, 2.75) is 26.8 Å². The number of hydrogen-bond acceptors (Lipinski definition) is 3. The monoisotopic (exact) mass is 321 g/mol. The molecule has 3 heteroatoms. The van der Waals surface area contributed by atoms with Gasteiger partial charge in [-0.15, -0.1) is 11.3 Å². The zero-order valence-electron chi connectivity index (χ0n) is 14.4. The molecular weight excluding hydrogens is 300 g/mol. The predicted molar refractivity (Wildman–Crippen MR) is 97.9 cm³/mol. The summed E-state index contributed by atoms with van der Waals surface area (Å²) in [6, 6.07) is 12.9. The van der Waals surface area contributed by atoms with Crippen LogP contribution in [0.25, 0.3) is 21.7 Å². The summed E-state index contributed by atoms with van der Waals surface area (Å²) in [4.78, 5) is 6.26. The van der Waals surface area contributed by atoms with Crippen LogP contribution in [0.4, 0.5) is 0 Å². The van der Waals surface area contributed by atoms with Gasteiger partial charge in [0.2, 0.25) is 0 Å². The second kappa shape index (κ2) is 5.91. The molecule has 2 heterocycles. The third-order valence-corrected chi connectivity index (χ3v) is 5.65. The van der Waals surface area contributed by atoms with Crippen LogP contribution in [-0.4, -0.2) is 11.5 Å². The van der Waals surface area contributed by atoms with Gasteiger partial charge in [-0.05, 0) is 36.1 Å². The van der Waals surface area contributed by atoms with Gasteiger partial charge in [-0.1, -0.05) is 42.4 Å². The molecule has 0 spiro atoms. The summed E-state index contributed by atoms with van der Waals surface area (Å²) in [7, 11) is 0. The Balaban J connectivity index is 1.84. The maximum atomic E-state index is 8.07. The van der Waals surface area contributed by atoms with Crippen LogP contribution in [0, 0.1) is 13.8 Å². The zero-order chi connectivity index (χ0) is 16.7. The van der Waals surface area contributed by atoms with Gasteiger partial charge in [0.25, 0.3) is 0 Å². The minimum atomic E-state index is 0.591. The number of thiazole rings is 1. The number of rotatable bonds is 2. The third-order valence-electron chi connectivity index (χ3n) is 4.52. The first-order valence-electron chi connectivity index (χ1n) is 8.51. The van der Waals surface area contributed by atoms with Gasteiger partial charge in [-0.25, -0.2) is 4.98 Å². The van der Waals surface area contributed by atoms with Gasteiger partial charge in [0.1, 0.15) is 5.01 Å². The molecule has 1 aliphatic rings. The highest BCUT2D eigenvalue weighted by Crippen LogP contribution is 2.36. The molecule has 4 rings (SSSR count). The van der Waals surface area contributed by atoms with Crippen molar-refractivity contribution < 1.29 is 1.37 Å². The summed E-state index contributed by atoms with van der Waals surface area (Å²) >= 11 is 1.80. The second-order valence-electron chi connectivity index (χ2n) is 6.00. The number of nitrogens with zero attached hydrogens (tertiary/aromatic N) is 1. The maximum absolute atomic E-state index is 8.07. The van der Waals surface area contributed by atoms with Gasteiger partial charge < -0.3 is 5.32 Å². The first-order chi connectivity index (χ1) is 11.6. The Morgan fingerprint density at radius 3 is 2.78 bits per heavy atom. The maximum Gasteiger partial charge on any atom is 0.124 e. The molecule has 1 aromatic heterocycles. The van der Waals surface area contributed by atoms with Crippen molar-refractivity contribution in [1.82, 2.24) is 10.3 Å². The topological polar surface area (TPSA) is 24.9 Å².